The van der Waals surface area contributed by atoms with Crippen molar-refractivity contribution in [2.75, 3.05) is 44.6 Å². The van der Waals surface area contributed by atoms with Crippen LogP contribution in [0.2, 0.25) is 0 Å². The number of ether oxygens (including phenoxy) is 1. The van der Waals surface area contributed by atoms with Crippen molar-refractivity contribution in [1.82, 2.24) is 14.1 Å². The molecule has 1 saturated heterocycles. The van der Waals surface area contributed by atoms with Gasteiger partial charge in [-0.2, -0.15) is 4.31 Å². The molecule has 1 fully saturated rings. The number of carbonyl (C=O) groups is 2. The van der Waals surface area contributed by atoms with Crippen molar-refractivity contribution in [2.24, 2.45) is 0 Å². The van der Waals surface area contributed by atoms with Gasteiger partial charge in [-0.15, -0.1) is 0 Å². The predicted molar refractivity (Wildman–Crippen MR) is 129 cm³/mol. The molecule has 2 rings (SSSR count). The first-order valence-electron chi connectivity index (χ1n) is 11.4. The van der Waals surface area contributed by atoms with Gasteiger partial charge in [0, 0.05) is 45.0 Å². The van der Waals surface area contributed by atoms with Gasteiger partial charge in [-0.1, -0.05) is 19.9 Å². The number of benzene rings is 1. The first-order chi connectivity index (χ1) is 15.3. The van der Waals surface area contributed by atoms with Crippen LogP contribution < -0.4 is 5.32 Å². The zero-order valence-electron chi connectivity index (χ0n) is 20.8. The van der Waals surface area contributed by atoms with Crippen molar-refractivity contribution in [3.05, 3.63) is 23.8 Å². The van der Waals surface area contributed by atoms with Gasteiger partial charge in [-0.05, 0) is 52.3 Å². The van der Waals surface area contributed by atoms with Gasteiger partial charge in [0.2, 0.25) is 15.9 Å². The predicted octanol–water partition coefficient (Wildman–Crippen LogP) is 2.91. The lowest BCUT2D eigenvalue weighted by molar-refractivity contribution is -0.121. The van der Waals surface area contributed by atoms with Crippen LogP contribution in [0.5, 0.6) is 0 Å². The van der Waals surface area contributed by atoms with Crippen LogP contribution in [-0.4, -0.2) is 85.4 Å². The van der Waals surface area contributed by atoms with Crippen molar-refractivity contribution in [2.45, 2.75) is 65.0 Å². The molecule has 186 valence electrons. The molecular formula is C23H38N4O5S. The fourth-order valence-corrected chi connectivity index (χ4v) is 5.40. The van der Waals surface area contributed by atoms with Crippen molar-refractivity contribution in [3.63, 3.8) is 0 Å². The SMILES string of the molecule is CCN(CC)S(=O)(=O)c1cc(NC(=O)[C@H](C)N2CCN(C(=O)OC(C)(C)C)CC2)ccc1C. The molecule has 1 heterocycles. The normalized spacial score (nSPS) is 16.5. The van der Waals surface area contributed by atoms with Gasteiger partial charge in [-0.25, -0.2) is 13.2 Å². The second-order valence-corrected chi connectivity index (χ2v) is 11.1. The summed E-state index contributed by atoms with van der Waals surface area (Å²) in [6, 6.07) is 4.50. The van der Waals surface area contributed by atoms with Crippen LogP contribution in [0.25, 0.3) is 0 Å². The molecule has 0 aromatic heterocycles. The molecule has 0 radical (unpaired) electrons. The van der Waals surface area contributed by atoms with E-state index in [0.717, 1.165) is 0 Å². The highest BCUT2D eigenvalue weighted by Crippen LogP contribution is 2.24. The van der Waals surface area contributed by atoms with Crippen LogP contribution in [0.1, 0.15) is 47.1 Å². The molecule has 0 saturated carbocycles. The molecule has 0 bridgehead atoms. The minimum atomic E-state index is -3.64. The molecule has 0 aliphatic carbocycles. The number of hydrogen-bond donors (Lipinski definition) is 1. The highest BCUT2D eigenvalue weighted by atomic mass is 32.2. The number of sulfonamides is 1. The van der Waals surface area contributed by atoms with Crippen LogP contribution in [-0.2, 0) is 19.6 Å². The molecule has 1 N–H and O–H groups in total. The number of amides is 2. The van der Waals surface area contributed by atoms with Crippen molar-refractivity contribution in [1.29, 1.82) is 0 Å². The first-order valence-corrected chi connectivity index (χ1v) is 12.9. The van der Waals surface area contributed by atoms with E-state index in [0.29, 0.717) is 50.5 Å². The number of aryl methyl sites for hydroxylation is 1. The van der Waals surface area contributed by atoms with E-state index < -0.39 is 21.7 Å². The lowest BCUT2D eigenvalue weighted by Gasteiger charge is -2.37. The molecule has 1 atom stereocenters. The minimum absolute atomic E-state index is 0.197. The van der Waals surface area contributed by atoms with Gasteiger partial charge in [0.1, 0.15) is 5.60 Å². The number of nitrogens with zero attached hydrogens (tertiary/aromatic N) is 3. The van der Waals surface area contributed by atoms with E-state index in [4.69, 9.17) is 4.74 Å². The number of piperazine rings is 1. The molecule has 9 nitrogen and oxygen atoms in total. The second-order valence-electron chi connectivity index (χ2n) is 9.24. The zero-order valence-corrected chi connectivity index (χ0v) is 21.7. The quantitative estimate of drug-likeness (QED) is 0.642. The summed E-state index contributed by atoms with van der Waals surface area (Å²) in [7, 11) is -3.64. The van der Waals surface area contributed by atoms with Crippen LogP contribution >= 0.6 is 0 Å². The number of hydrogen-bond acceptors (Lipinski definition) is 6. The van der Waals surface area contributed by atoms with E-state index in [9.17, 15) is 18.0 Å². The van der Waals surface area contributed by atoms with Crippen molar-refractivity contribution in [3.8, 4) is 0 Å². The fourth-order valence-electron chi connectivity index (χ4n) is 3.69. The van der Waals surface area contributed by atoms with E-state index in [2.05, 4.69) is 5.32 Å². The third-order valence-corrected chi connectivity index (χ3v) is 7.86. The van der Waals surface area contributed by atoms with Crippen LogP contribution in [0.15, 0.2) is 23.1 Å². The lowest BCUT2D eigenvalue weighted by Crippen LogP contribution is -2.54. The Morgan fingerprint density at radius 2 is 1.70 bits per heavy atom. The van der Waals surface area contributed by atoms with Gasteiger partial charge >= 0.3 is 6.09 Å². The molecule has 2 amide bonds. The Hall–Kier alpha value is -2.17. The van der Waals surface area contributed by atoms with Gasteiger partial charge in [0.15, 0.2) is 0 Å². The highest BCUT2D eigenvalue weighted by Gasteiger charge is 2.30. The average molecular weight is 483 g/mol. The highest BCUT2D eigenvalue weighted by molar-refractivity contribution is 7.89. The Morgan fingerprint density at radius 3 is 2.21 bits per heavy atom. The number of nitrogens with one attached hydrogen (secondary N) is 1. The van der Waals surface area contributed by atoms with Gasteiger partial charge in [-0.3, -0.25) is 9.69 Å². The van der Waals surface area contributed by atoms with E-state index in [1.807, 2.05) is 25.7 Å². The van der Waals surface area contributed by atoms with Crippen LogP contribution in [0.4, 0.5) is 10.5 Å². The molecule has 1 aliphatic heterocycles. The van der Waals surface area contributed by atoms with E-state index in [-0.39, 0.29) is 16.9 Å². The summed E-state index contributed by atoms with van der Waals surface area (Å²) in [6.07, 6.45) is -0.346. The molecule has 0 unspecified atom stereocenters. The Labute approximate surface area is 198 Å². The summed E-state index contributed by atoms with van der Waals surface area (Å²) in [4.78, 5) is 29.0. The Balaban J connectivity index is 2.04. The molecule has 33 heavy (non-hydrogen) atoms. The fraction of sp³-hybridized carbons (Fsp3) is 0.652. The third-order valence-electron chi connectivity index (χ3n) is 5.67. The van der Waals surface area contributed by atoms with Crippen molar-refractivity contribution >= 4 is 27.7 Å². The molecule has 1 aromatic carbocycles. The third kappa shape index (κ3) is 6.91. The number of anilines is 1. The number of carbonyl (C=O) groups excluding carboxylic acids is 2. The molecule has 1 aromatic rings. The smallest absolute Gasteiger partial charge is 0.410 e. The van der Waals surface area contributed by atoms with Gasteiger partial charge in [0.05, 0.1) is 10.9 Å². The van der Waals surface area contributed by atoms with Gasteiger partial charge < -0.3 is 15.0 Å². The summed E-state index contributed by atoms with van der Waals surface area (Å²) in [5.41, 5.74) is 0.523. The lowest BCUT2D eigenvalue weighted by atomic mass is 10.2. The van der Waals surface area contributed by atoms with Crippen LogP contribution in [0.3, 0.4) is 0 Å². The molecule has 0 spiro atoms. The van der Waals surface area contributed by atoms with Crippen LogP contribution in [0, 0.1) is 6.92 Å². The molecular weight excluding hydrogens is 444 g/mol. The summed E-state index contributed by atoms with van der Waals surface area (Å²) in [5, 5.41) is 2.85. The standard InChI is InChI=1S/C23H38N4O5S/c1-8-27(9-2)33(30,31)20-16-19(11-10-17(20)3)24-21(28)18(4)25-12-14-26(15-13-25)22(29)32-23(5,6)7/h10-11,16,18H,8-9,12-15H2,1-7H3,(H,24,28)/t18-/m0/s1. The molecule has 10 heteroatoms. The summed E-state index contributed by atoms with van der Waals surface area (Å²) < 4.78 is 32.8. The minimum Gasteiger partial charge on any atom is -0.444 e. The Kier molecular flexibility index (Phi) is 8.89. The van der Waals surface area contributed by atoms with E-state index >= 15 is 0 Å². The second kappa shape index (κ2) is 10.8. The number of rotatable bonds is 7. The summed E-state index contributed by atoms with van der Waals surface area (Å²) in [6.45, 7) is 15.4. The van der Waals surface area contributed by atoms with E-state index in [1.165, 1.54) is 10.4 Å². The Morgan fingerprint density at radius 1 is 1.12 bits per heavy atom. The van der Waals surface area contributed by atoms with Crippen molar-refractivity contribution < 1.29 is 22.7 Å². The Bertz CT molecular complexity index is 946. The maximum Gasteiger partial charge on any atom is 0.410 e. The maximum absolute atomic E-state index is 13.0. The zero-order chi connectivity index (χ0) is 25.0. The van der Waals surface area contributed by atoms with E-state index in [1.54, 1.807) is 44.7 Å². The van der Waals surface area contributed by atoms with Gasteiger partial charge in [0.25, 0.3) is 0 Å². The summed E-state index contributed by atoms with van der Waals surface area (Å²) in [5.74, 6) is -0.226. The largest absolute Gasteiger partial charge is 0.444 e. The summed E-state index contributed by atoms with van der Waals surface area (Å²) >= 11 is 0. The molecule has 1 aliphatic rings. The monoisotopic (exact) mass is 482 g/mol. The average Bonchev–Trinajstić information content (AvgIpc) is 2.74. The maximum atomic E-state index is 13.0. The first kappa shape index (κ1) is 27.1. The topological polar surface area (TPSA) is 99.3 Å².